The first-order valence-corrected chi connectivity index (χ1v) is 12.4. The Morgan fingerprint density at radius 3 is 1.66 bits per heavy atom. The lowest BCUT2D eigenvalue weighted by Gasteiger charge is -2.32. The van der Waals surface area contributed by atoms with Crippen molar-refractivity contribution in [2.24, 2.45) is 0 Å². The molecule has 0 aromatic heterocycles. The van der Waals surface area contributed by atoms with Gasteiger partial charge in [0.1, 0.15) is 0 Å². The summed E-state index contributed by atoms with van der Waals surface area (Å²) in [6.07, 6.45) is 20.5. The SMILES string of the molecule is CCCCCCCCCCCCCCCC(CCC[N+](C)(CC)CC(=O)O)NO. The summed E-state index contributed by atoms with van der Waals surface area (Å²) in [4.78, 5) is 11.0. The monoisotopic (exact) mass is 415 g/mol. The van der Waals surface area contributed by atoms with Crippen molar-refractivity contribution in [1.29, 1.82) is 0 Å². The second-order valence-corrected chi connectivity index (χ2v) is 9.21. The second-order valence-electron chi connectivity index (χ2n) is 9.21. The van der Waals surface area contributed by atoms with Crippen LogP contribution in [0.15, 0.2) is 0 Å². The number of carbonyl (C=O) groups is 1. The van der Waals surface area contributed by atoms with Gasteiger partial charge in [-0.15, -0.1) is 0 Å². The summed E-state index contributed by atoms with van der Waals surface area (Å²) >= 11 is 0. The maximum atomic E-state index is 11.0. The first-order valence-electron chi connectivity index (χ1n) is 12.4. The summed E-state index contributed by atoms with van der Waals surface area (Å²) in [5, 5.41) is 18.5. The zero-order valence-corrected chi connectivity index (χ0v) is 19.8. The normalized spacial score (nSPS) is 14.6. The summed E-state index contributed by atoms with van der Waals surface area (Å²) in [6.45, 7) is 6.15. The maximum Gasteiger partial charge on any atom is 0.359 e. The molecule has 0 aliphatic rings. The van der Waals surface area contributed by atoms with Gasteiger partial charge in [-0.2, -0.15) is 0 Å². The maximum absolute atomic E-state index is 11.0. The van der Waals surface area contributed by atoms with Gasteiger partial charge < -0.3 is 14.8 Å². The number of unbranched alkanes of at least 4 members (excludes halogenated alkanes) is 12. The number of nitrogens with one attached hydrogen (secondary N) is 1. The molecule has 0 saturated heterocycles. The van der Waals surface area contributed by atoms with E-state index in [-0.39, 0.29) is 12.6 Å². The molecule has 5 nitrogen and oxygen atoms in total. The van der Waals surface area contributed by atoms with Gasteiger partial charge in [0.15, 0.2) is 6.54 Å². The van der Waals surface area contributed by atoms with Crippen molar-refractivity contribution in [1.82, 2.24) is 5.48 Å². The van der Waals surface area contributed by atoms with Gasteiger partial charge in [0, 0.05) is 6.04 Å². The summed E-state index contributed by atoms with van der Waals surface area (Å²) in [6, 6.07) is 0.137. The lowest BCUT2D eigenvalue weighted by molar-refractivity contribution is -0.901. The zero-order chi connectivity index (χ0) is 21.8. The standard InChI is InChI=1S/C24H50N2O3/c1-4-6-7-8-9-10-11-12-13-14-15-16-17-19-23(25-29)20-18-21-26(3,5-2)22-24(27)28/h23,25,29H,4-22H2,1-3H3/p+1. The quantitative estimate of drug-likeness (QED) is 0.113. The number of hydrogen-bond donors (Lipinski definition) is 3. The third-order valence-electron chi connectivity index (χ3n) is 6.37. The molecular formula is C24H51N2O3+. The van der Waals surface area contributed by atoms with E-state index in [0.717, 1.165) is 38.8 Å². The number of hydroxylamine groups is 1. The van der Waals surface area contributed by atoms with Crippen molar-refractivity contribution in [3.8, 4) is 0 Å². The molecule has 0 fully saturated rings. The third-order valence-corrected chi connectivity index (χ3v) is 6.37. The lowest BCUT2D eigenvalue weighted by Crippen LogP contribution is -2.48. The van der Waals surface area contributed by atoms with E-state index in [0.29, 0.717) is 4.48 Å². The predicted octanol–water partition coefficient (Wildman–Crippen LogP) is 6.15. The van der Waals surface area contributed by atoms with E-state index < -0.39 is 5.97 Å². The number of aliphatic carboxylic acids is 1. The van der Waals surface area contributed by atoms with E-state index >= 15 is 0 Å². The smallest absolute Gasteiger partial charge is 0.359 e. The molecule has 3 N–H and O–H groups in total. The van der Waals surface area contributed by atoms with Crippen LogP contribution in [0.5, 0.6) is 0 Å². The van der Waals surface area contributed by atoms with Gasteiger partial charge in [-0.3, -0.25) is 0 Å². The van der Waals surface area contributed by atoms with E-state index in [1.165, 1.54) is 77.0 Å². The van der Waals surface area contributed by atoms with E-state index in [1.807, 2.05) is 14.0 Å². The third kappa shape index (κ3) is 17.9. The fourth-order valence-corrected chi connectivity index (χ4v) is 4.08. The molecule has 0 amide bonds. The Bertz CT molecular complexity index is 379. The Labute approximate surface area is 180 Å². The number of nitrogens with zero attached hydrogens (tertiary/aromatic N) is 1. The van der Waals surface area contributed by atoms with Crippen LogP contribution in [0.4, 0.5) is 0 Å². The van der Waals surface area contributed by atoms with Crippen molar-refractivity contribution in [3.05, 3.63) is 0 Å². The van der Waals surface area contributed by atoms with Gasteiger partial charge in [-0.05, 0) is 26.2 Å². The molecule has 0 heterocycles. The zero-order valence-electron chi connectivity index (χ0n) is 19.8. The molecule has 0 aliphatic heterocycles. The molecular weight excluding hydrogens is 364 g/mol. The van der Waals surface area contributed by atoms with Crippen LogP contribution in [0.25, 0.3) is 0 Å². The molecule has 0 aromatic carbocycles. The average molecular weight is 416 g/mol. The molecule has 0 saturated carbocycles. The predicted molar refractivity (Wildman–Crippen MR) is 122 cm³/mol. The van der Waals surface area contributed by atoms with Gasteiger partial charge in [0.2, 0.25) is 0 Å². The molecule has 0 aliphatic carbocycles. The Kier molecular flexibility index (Phi) is 18.9. The average Bonchev–Trinajstić information content (AvgIpc) is 2.69. The highest BCUT2D eigenvalue weighted by atomic mass is 16.5. The van der Waals surface area contributed by atoms with Gasteiger partial charge in [0.25, 0.3) is 0 Å². The summed E-state index contributed by atoms with van der Waals surface area (Å²) < 4.78 is 0.562. The van der Waals surface area contributed by atoms with Gasteiger partial charge in [-0.25, -0.2) is 10.3 Å². The minimum absolute atomic E-state index is 0.137. The summed E-state index contributed by atoms with van der Waals surface area (Å²) in [5.41, 5.74) is 2.47. The second kappa shape index (κ2) is 19.3. The number of likely N-dealkylation sites (N-methyl/N-ethyl adjacent to an activating group) is 1. The molecule has 0 radical (unpaired) electrons. The molecule has 5 heteroatoms. The Hall–Kier alpha value is -0.650. The molecule has 0 rings (SSSR count). The largest absolute Gasteiger partial charge is 0.477 e. The molecule has 0 aromatic rings. The first-order chi connectivity index (χ1) is 14.0. The summed E-state index contributed by atoms with van der Waals surface area (Å²) in [5.74, 6) is -0.738. The molecule has 0 spiro atoms. The topological polar surface area (TPSA) is 69.6 Å². The molecule has 2 atom stereocenters. The van der Waals surface area contributed by atoms with Crippen LogP contribution in [0.2, 0.25) is 0 Å². The highest BCUT2D eigenvalue weighted by molar-refractivity contribution is 5.67. The van der Waals surface area contributed by atoms with Gasteiger partial charge >= 0.3 is 5.97 Å². The fourth-order valence-electron chi connectivity index (χ4n) is 4.08. The summed E-state index contributed by atoms with van der Waals surface area (Å²) in [7, 11) is 2.00. The molecule has 174 valence electrons. The highest BCUT2D eigenvalue weighted by Crippen LogP contribution is 2.15. The van der Waals surface area contributed by atoms with E-state index in [2.05, 4.69) is 12.4 Å². The minimum atomic E-state index is -0.738. The highest BCUT2D eigenvalue weighted by Gasteiger charge is 2.23. The van der Waals surface area contributed by atoms with Crippen LogP contribution in [-0.4, -0.2) is 53.5 Å². The first kappa shape index (κ1) is 28.4. The van der Waals surface area contributed by atoms with Crippen LogP contribution in [0, 0.1) is 0 Å². The number of carboxylic acids is 1. The van der Waals surface area contributed by atoms with Crippen LogP contribution in [-0.2, 0) is 4.79 Å². The Morgan fingerprint density at radius 2 is 1.24 bits per heavy atom. The van der Waals surface area contributed by atoms with Crippen LogP contribution in [0.1, 0.15) is 117 Å². The Balaban J connectivity index is 3.58. The van der Waals surface area contributed by atoms with E-state index in [1.54, 1.807) is 0 Å². The van der Waals surface area contributed by atoms with E-state index in [9.17, 15) is 10.0 Å². The van der Waals surface area contributed by atoms with Gasteiger partial charge in [-0.1, -0.05) is 90.4 Å². The number of carboxylic acid groups (broad SMARTS) is 1. The van der Waals surface area contributed by atoms with Gasteiger partial charge in [0.05, 0.1) is 20.1 Å². The van der Waals surface area contributed by atoms with Crippen LogP contribution in [0.3, 0.4) is 0 Å². The molecule has 0 bridgehead atoms. The number of rotatable bonds is 22. The van der Waals surface area contributed by atoms with Crippen molar-refractivity contribution in [3.63, 3.8) is 0 Å². The Morgan fingerprint density at radius 1 is 0.793 bits per heavy atom. The van der Waals surface area contributed by atoms with Crippen molar-refractivity contribution in [2.75, 3.05) is 26.7 Å². The number of quaternary nitrogens is 1. The van der Waals surface area contributed by atoms with Crippen molar-refractivity contribution >= 4 is 5.97 Å². The van der Waals surface area contributed by atoms with Crippen molar-refractivity contribution in [2.45, 2.75) is 123 Å². The number of hydrogen-bond acceptors (Lipinski definition) is 3. The van der Waals surface area contributed by atoms with Crippen LogP contribution < -0.4 is 5.48 Å². The van der Waals surface area contributed by atoms with Crippen molar-refractivity contribution < 1.29 is 19.6 Å². The lowest BCUT2D eigenvalue weighted by atomic mass is 10.0. The molecule has 2 unspecified atom stereocenters. The van der Waals surface area contributed by atoms with E-state index in [4.69, 9.17) is 5.11 Å². The molecule has 29 heavy (non-hydrogen) atoms. The van der Waals surface area contributed by atoms with Crippen LogP contribution >= 0.6 is 0 Å². The fraction of sp³-hybridized carbons (Fsp3) is 0.958. The minimum Gasteiger partial charge on any atom is -0.477 e.